The Bertz CT molecular complexity index is 206. The van der Waals surface area contributed by atoms with Gasteiger partial charge < -0.3 is 5.73 Å². The molecule has 0 aromatic heterocycles. The molecular weight excluding hydrogens is 146 g/mol. The van der Waals surface area contributed by atoms with Gasteiger partial charge in [0.1, 0.15) is 0 Å². The van der Waals surface area contributed by atoms with Gasteiger partial charge in [0.25, 0.3) is 0 Å². The molecule has 1 unspecified atom stereocenters. The average Bonchev–Trinajstić information content (AvgIpc) is 2.15. The van der Waals surface area contributed by atoms with Gasteiger partial charge in [-0.05, 0) is 30.9 Å². The van der Waals surface area contributed by atoms with E-state index < -0.39 is 0 Å². The number of nitrogens with two attached hydrogens (primary N) is 1. The van der Waals surface area contributed by atoms with Gasteiger partial charge in [0, 0.05) is 0 Å². The van der Waals surface area contributed by atoms with Gasteiger partial charge in [-0.3, -0.25) is 0 Å². The van der Waals surface area contributed by atoms with Gasteiger partial charge in [-0.2, -0.15) is 0 Å². The Morgan fingerprint density at radius 2 is 2.00 bits per heavy atom. The molecule has 12 heavy (non-hydrogen) atoms. The lowest BCUT2D eigenvalue weighted by Crippen LogP contribution is -2.02. The van der Waals surface area contributed by atoms with Crippen molar-refractivity contribution in [3.63, 3.8) is 0 Å². The lowest BCUT2D eigenvalue weighted by atomic mass is 9.96. The fourth-order valence-electron chi connectivity index (χ4n) is 1.26. The van der Waals surface area contributed by atoms with Gasteiger partial charge >= 0.3 is 0 Å². The molecule has 0 saturated carbocycles. The summed E-state index contributed by atoms with van der Waals surface area (Å²) in [6, 6.07) is 10.5. The van der Waals surface area contributed by atoms with E-state index in [-0.39, 0.29) is 0 Å². The molecule has 0 bridgehead atoms. The number of hydrogen-bond donors (Lipinski definition) is 1. The van der Waals surface area contributed by atoms with E-state index in [1.807, 2.05) is 6.07 Å². The van der Waals surface area contributed by atoms with Crippen LogP contribution in [0, 0.1) is 6.42 Å². The predicted molar refractivity (Wildman–Crippen MR) is 52.8 cm³/mol. The molecule has 2 N–H and O–H groups in total. The molecule has 0 heterocycles. The van der Waals surface area contributed by atoms with Crippen LogP contribution in [0.25, 0.3) is 0 Å². The monoisotopic (exact) mass is 162 g/mol. The fourth-order valence-corrected chi connectivity index (χ4v) is 1.26. The van der Waals surface area contributed by atoms with Crippen LogP contribution in [0.5, 0.6) is 0 Å². The van der Waals surface area contributed by atoms with Crippen LogP contribution in [0.15, 0.2) is 30.3 Å². The summed E-state index contributed by atoms with van der Waals surface area (Å²) in [7, 11) is 0. The van der Waals surface area contributed by atoms with Gasteiger partial charge in [-0.15, -0.1) is 0 Å². The van der Waals surface area contributed by atoms with Gasteiger partial charge in [-0.25, -0.2) is 0 Å². The molecule has 1 aromatic carbocycles. The zero-order valence-corrected chi connectivity index (χ0v) is 7.53. The van der Waals surface area contributed by atoms with Crippen molar-refractivity contribution in [2.45, 2.75) is 19.3 Å². The first-order chi connectivity index (χ1) is 5.84. The van der Waals surface area contributed by atoms with E-state index in [9.17, 15) is 0 Å². The van der Waals surface area contributed by atoms with Crippen molar-refractivity contribution in [2.75, 3.05) is 6.54 Å². The highest BCUT2D eigenvalue weighted by Gasteiger charge is 2.02. The quantitative estimate of drug-likeness (QED) is 0.722. The molecule has 65 valence electrons. The molecule has 0 spiro atoms. The van der Waals surface area contributed by atoms with E-state index in [0.29, 0.717) is 12.5 Å². The maximum Gasteiger partial charge on any atom is -0.00455 e. The summed E-state index contributed by atoms with van der Waals surface area (Å²) in [6.45, 7) is 2.90. The highest BCUT2D eigenvalue weighted by atomic mass is 14.5. The van der Waals surface area contributed by atoms with E-state index in [1.165, 1.54) is 5.56 Å². The summed E-state index contributed by atoms with van der Waals surface area (Å²) in [5.74, 6) is 0.592. The summed E-state index contributed by atoms with van der Waals surface area (Å²) >= 11 is 0. The van der Waals surface area contributed by atoms with Crippen molar-refractivity contribution < 1.29 is 0 Å². The SMILES string of the molecule is CC(C[CH]CN)c1ccccc1. The molecule has 1 rings (SSSR count). The van der Waals surface area contributed by atoms with Crippen LogP contribution in [-0.2, 0) is 0 Å². The number of benzene rings is 1. The standard InChI is InChI=1S/C11H16N/c1-10(6-5-9-12)11-7-3-2-4-8-11/h2-5,7-8,10H,6,9,12H2,1H3. The topological polar surface area (TPSA) is 26.0 Å². The molecule has 0 fully saturated rings. The van der Waals surface area contributed by atoms with Crippen LogP contribution in [-0.4, -0.2) is 6.54 Å². The molecule has 1 atom stereocenters. The van der Waals surface area contributed by atoms with Gasteiger partial charge in [0.05, 0.1) is 0 Å². The minimum Gasteiger partial charge on any atom is -0.330 e. The zero-order chi connectivity index (χ0) is 8.81. The van der Waals surface area contributed by atoms with Crippen LogP contribution >= 0.6 is 0 Å². The second-order valence-electron chi connectivity index (χ2n) is 3.07. The highest BCUT2D eigenvalue weighted by Crippen LogP contribution is 2.18. The Hall–Kier alpha value is -0.820. The third kappa shape index (κ3) is 2.67. The van der Waals surface area contributed by atoms with Crippen molar-refractivity contribution in [1.29, 1.82) is 0 Å². The summed E-state index contributed by atoms with van der Waals surface area (Å²) in [6.07, 6.45) is 3.19. The number of hydrogen-bond acceptors (Lipinski definition) is 1. The van der Waals surface area contributed by atoms with Crippen LogP contribution in [0.2, 0.25) is 0 Å². The Morgan fingerprint density at radius 1 is 1.33 bits per heavy atom. The smallest absolute Gasteiger partial charge is 0.00455 e. The van der Waals surface area contributed by atoms with Crippen LogP contribution in [0.1, 0.15) is 24.8 Å². The fraction of sp³-hybridized carbons (Fsp3) is 0.364. The van der Waals surface area contributed by atoms with Crippen molar-refractivity contribution in [2.24, 2.45) is 5.73 Å². The summed E-state index contributed by atoms with van der Waals surface area (Å²) in [4.78, 5) is 0. The van der Waals surface area contributed by atoms with E-state index in [2.05, 4.69) is 37.6 Å². The van der Waals surface area contributed by atoms with E-state index >= 15 is 0 Å². The normalized spacial score (nSPS) is 12.8. The summed E-state index contributed by atoms with van der Waals surface area (Å²) < 4.78 is 0. The Labute approximate surface area is 74.6 Å². The molecule has 1 nitrogen and oxygen atoms in total. The van der Waals surface area contributed by atoms with E-state index in [0.717, 1.165) is 6.42 Å². The van der Waals surface area contributed by atoms with Gasteiger partial charge in [-0.1, -0.05) is 37.3 Å². The van der Waals surface area contributed by atoms with Crippen LogP contribution in [0.3, 0.4) is 0 Å². The van der Waals surface area contributed by atoms with E-state index in [4.69, 9.17) is 5.73 Å². The molecule has 0 saturated heterocycles. The molecule has 1 aromatic rings. The van der Waals surface area contributed by atoms with Crippen molar-refractivity contribution >= 4 is 0 Å². The molecule has 0 amide bonds. The van der Waals surface area contributed by atoms with Crippen molar-refractivity contribution in [1.82, 2.24) is 0 Å². The largest absolute Gasteiger partial charge is 0.330 e. The molecular formula is C11H16N. The van der Waals surface area contributed by atoms with Gasteiger partial charge in [0.15, 0.2) is 0 Å². The number of rotatable bonds is 4. The maximum atomic E-state index is 5.40. The lowest BCUT2D eigenvalue weighted by molar-refractivity contribution is 0.734. The third-order valence-corrected chi connectivity index (χ3v) is 2.06. The average molecular weight is 162 g/mol. The Balaban J connectivity index is 2.48. The second kappa shape index (κ2) is 4.94. The second-order valence-corrected chi connectivity index (χ2v) is 3.07. The maximum absolute atomic E-state index is 5.40. The van der Waals surface area contributed by atoms with Crippen molar-refractivity contribution in [3.8, 4) is 0 Å². The first-order valence-corrected chi connectivity index (χ1v) is 4.41. The minimum absolute atomic E-state index is 0.592. The summed E-state index contributed by atoms with van der Waals surface area (Å²) in [5.41, 5.74) is 6.79. The Kier molecular flexibility index (Phi) is 3.81. The van der Waals surface area contributed by atoms with Crippen molar-refractivity contribution in [3.05, 3.63) is 42.3 Å². The third-order valence-electron chi connectivity index (χ3n) is 2.06. The lowest BCUT2D eigenvalue weighted by Gasteiger charge is -2.09. The molecule has 0 aliphatic heterocycles. The molecule has 0 aliphatic rings. The van der Waals surface area contributed by atoms with Crippen LogP contribution < -0.4 is 5.73 Å². The molecule has 0 aliphatic carbocycles. The molecule has 1 heteroatoms. The first-order valence-electron chi connectivity index (χ1n) is 4.41. The highest BCUT2D eigenvalue weighted by molar-refractivity contribution is 5.19. The van der Waals surface area contributed by atoms with E-state index in [1.54, 1.807) is 0 Å². The van der Waals surface area contributed by atoms with Crippen LogP contribution in [0.4, 0.5) is 0 Å². The van der Waals surface area contributed by atoms with Gasteiger partial charge in [0.2, 0.25) is 0 Å². The first kappa shape index (κ1) is 9.27. The Morgan fingerprint density at radius 3 is 2.58 bits per heavy atom. The summed E-state index contributed by atoms with van der Waals surface area (Å²) in [5, 5.41) is 0. The minimum atomic E-state index is 0.592. The predicted octanol–water partition coefficient (Wildman–Crippen LogP) is 2.34. The zero-order valence-electron chi connectivity index (χ0n) is 7.53. The molecule has 1 radical (unpaired) electrons.